The molecule has 0 unspecified atom stereocenters. The minimum Gasteiger partial charge on any atom is -0.506 e. The molecule has 1 spiro atoms. The van der Waals surface area contributed by atoms with Crippen LogP contribution >= 0.6 is 0 Å². The molecule has 0 radical (unpaired) electrons. The molecule has 4 nitrogen and oxygen atoms in total. The fourth-order valence-electron chi connectivity index (χ4n) is 5.50. The van der Waals surface area contributed by atoms with Gasteiger partial charge in [-0.25, -0.2) is 0 Å². The molecule has 1 aromatic rings. The third-order valence-electron chi connectivity index (χ3n) is 6.48. The van der Waals surface area contributed by atoms with Crippen molar-refractivity contribution in [2.45, 2.75) is 31.2 Å². The number of para-hydroxylation sites is 1. The monoisotopic (exact) mass is 308 g/mol. The molecule has 2 saturated heterocycles. The first-order valence-corrected chi connectivity index (χ1v) is 8.39. The maximum Gasteiger partial charge on any atom is 0.148 e. The van der Waals surface area contributed by atoms with Gasteiger partial charge in [-0.1, -0.05) is 23.8 Å². The van der Waals surface area contributed by atoms with Crippen molar-refractivity contribution in [1.82, 2.24) is 4.90 Å². The Hall–Kier alpha value is -2.07. The summed E-state index contributed by atoms with van der Waals surface area (Å²) in [6, 6.07) is 6.18. The van der Waals surface area contributed by atoms with Crippen molar-refractivity contribution in [3.8, 4) is 5.75 Å². The highest BCUT2D eigenvalue weighted by Gasteiger charge is 2.61. The van der Waals surface area contributed by atoms with E-state index in [1.54, 1.807) is 6.07 Å². The van der Waals surface area contributed by atoms with Crippen molar-refractivity contribution in [2.75, 3.05) is 18.4 Å². The zero-order valence-corrected chi connectivity index (χ0v) is 13.2. The van der Waals surface area contributed by atoms with Crippen LogP contribution in [0.15, 0.2) is 41.1 Å². The summed E-state index contributed by atoms with van der Waals surface area (Å²) >= 11 is 0. The van der Waals surface area contributed by atoms with E-state index < -0.39 is 0 Å². The Morgan fingerprint density at radius 2 is 2.30 bits per heavy atom. The van der Waals surface area contributed by atoms with Gasteiger partial charge < -0.3 is 10.4 Å². The molecule has 3 heterocycles. The van der Waals surface area contributed by atoms with E-state index in [4.69, 9.17) is 0 Å². The summed E-state index contributed by atoms with van der Waals surface area (Å²) in [7, 11) is 0. The zero-order chi connectivity index (χ0) is 15.8. The molecular weight excluding hydrogens is 288 g/mol. The third kappa shape index (κ3) is 1.39. The van der Waals surface area contributed by atoms with E-state index in [1.807, 2.05) is 6.07 Å². The molecule has 4 aliphatic rings. The summed E-state index contributed by atoms with van der Waals surface area (Å²) in [5, 5.41) is 13.7. The highest BCUT2D eigenvalue weighted by molar-refractivity contribution is 5.86. The van der Waals surface area contributed by atoms with Gasteiger partial charge in [0, 0.05) is 36.3 Å². The van der Waals surface area contributed by atoms with Gasteiger partial charge >= 0.3 is 0 Å². The molecule has 3 aliphatic heterocycles. The van der Waals surface area contributed by atoms with Gasteiger partial charge in [0.25, 0.3) is 0 Å². The summed E-state index contributed by atoms with van der Waals surface area (Å²) in [5.74, 6) is 0.507. The van der Waals surface area contributed by atoms with Crippen LogP contribution in [0.4, 0.5) is 5.69 Å². The second kappa shape index (κ2) is 4.26. The van der Waals surface area contributed by atoms with Crippen molar-refractivity contribution in [3.63, 3.8) is 0 Å². The Labute approximate surface area is 135 Å². The molecule has 0 amide bonds. The summed E-state index contributed by atoms with van der Waals surface area (Å²) in [6.07, 6.45) is 5.24. The number of carbonyl (C=O) groups excluding carboxylic acids is 1. The maximum absolute atomic E-state index is 12.0. The molecule has 2 fully saturated rings. The Kier molecular flexibility index (Phi) is 2.48. The van der Waals surface area contributed by atoms with Crippen LogP contribution in [0.3, 0.4) is 0 Å². The molecule has 5 rings (SSSR count). The van der Waals surface area contributed by atoms with Gasteiger partial charge in [0.15, 0.2) is 0 Å². The number of aromatic hydroxyl groups is 1. The first-order valence-electron chi connectivity index (χ1n) is 8.39. The van der Waals surface area contributed by atoms with E-state index >= 15 is 0 Å². The topological polar surface area (TPSA) is 52.6 Å². The number of nitrogens with one attached hydrogen (secondary N) is 1. The van der Waals surface area contributed by atoms with Crippen LogP contribution < -0.4 is 5.32 Å². The normalized spacial score (nSPS) is 36.0. The molecule has 3 atom stereocenters. The number of hydrogen-bond acceptors (Lipinski definition) is 4. The van der Waals surface area contributed by atoms with Crippen molar-refractivity contribution >= 4 is 12.0 Å². The summed E-state index contributed by atoms with van der Waals surface area (Å²) in [5.41, 5.74) is 5.13. The molecule has 1 aromatic carbocycles. The van der Waals surface area contributed by atoms with E-state index in [0.29, 0.717) is 6.04 Å². The Bertz CT molecular complexity index is 795. The number of phenols is 1. The molecule has 2 N–H and O–H groups in total. The second-order valence-corrected chi connectivity index (χ2v) is 7.13. The van der Waals surface area contributed by atoms with Crippen LogP contribution in [0.25, 0.3) is 0 Å². The summed E-state index contributed by atoms with van der Waals surface area (Å²) in [4.78, 5) is 14.5. The number of anilines is 1. The van der Waals surface area contributed by atoms with Gasteiger partial charge in [-0.3, -0.25) is 9.69 Å². The number of nitrogens with zero attached hydrogens (tertiary/aromatic N) is 1. The molecule has 118 valence electrons. The predicted molar refractivity (Wildman–Crippen MR) is 88.3 cm³/mol. The van der Waals surface area contributed by atoms with Crippen molar-refractivity contribution in [2.24, 2.45) is 5.92 Å². The van der Waals surface area contributed by atoms with Crippen LogP contribution in [0.1, 0.15) is 25.3 Å². The molecular formula is C19H20N2O2. The number of carbonyl (C=O) groups is 1. The third-order valence-corrected chi connectivity index (χ3v) is 6.48. The Balaban J connectivity index is 1.84. The molecule has 0 aromatic heterocycles. The lowest BCUT2D eigenvalue weighted by Crippen LogP contribution is -2.52. The van der Waals surface area contributed by atoms with Gasteiger partial charge in [-0.15, -0.1) is 0 Å². The highest BCUT2D eigenvalue weighted by atomic mass is 16.3. The summed E-state index contributed by atoms with van der Waals surface area (Å²) in [6.45, 7) is 4.08. The standard InChI is InChI=1S/C19H20N2O2/c1-2-11-9-21-7-6-19-14-4-3-5-15(23)17(14)20-18(19)13(10-22)12(11)8-16(19)21/h2-5,10,12,16,20,23H,6-9H2,1H3/b11-2-/t12-,16+,19-/m1/s1. The number of allylic oxidation sites excluding steroid dienone is 2. The molecule has 2 bridgehead atoms. The maximum atomic E-state index is 12.0. The second-order valence-electron chi connectivity index (χ2n) is 7.13. The van der Waals surface area contributed by atoms with Crippen molar-refractivity contribution < 1.29 is 9.90 Å². The lowest BCUT2D eigenvalue weighted by atomic mass is 9.62. The Morgan fingerprint density at radius 3 is 3.09 bits per heavy atom. The summed E-state index contributed by atoms with van der Waals surface area (Å²) < 4.78 is 0. The zero-order valence-electron chi connectivity index (χ0n) is 13.2. The highest BCUT2D eigenvalue weighted by Crippen LogP contribution is 2.61. The van der Waals surface area contributed by atoms with Crippen LogP contribution in [-0.2, 0) is 10.2 Å². The van der Waals surface area contributed by atoms with E-state index in [1.165, 1.54) is 11.1 Å². The van der Waals surface area contributed by atoms with Crippen LogP contribution in [0.5, 0.6) is 5.75 Å². The minimum absolute atomic E-state index is 0.139. The number of phenolic OH excluding ortho intramolecular Hbond substituents is 1. The average Bonchev–Trinajstić information content (AvgIpc) is 3.12. The molecule has 23 heavy (non-hydrogen) atoms. The number of piperidine rings is 1. The van der Waals surface area contributed by atoms with Gasteiger partial charge in [-0.2, -0.15) is 0 Å². The van der Waals surface area contributed by atoms with Crippen molar-refractivity contribution in [1.29, 1.82) is 0 Å². The Morgan fingerprint density at radius 1 is 1.43 bits per heavy atom. The smallest absolute Gasteiger partial charge is 0.148 e. The fourth-order valence-corrected chi connectivity index (χ4v) is 5.50. The predicted octanol–water partition coefficient (Wildman–Crippen LogP) is 2.56. The first-order chi connectivity index (χ1) is 11.2. The number of benzene rings is 1. The molecule has 0 saturated carbocycles. The van der Waals surface area contributed by atoms with Gasteiger partial charge in [0.05, 0.1) is 11.1 Å². The van der Waals surface area contributed by atoms with Gasteiger partial charge in [-0.05, 0) is 31.4 Å². The lowest BCUT2D eigenvalue weighted by Gasteiger charge is -2.48. The van der Waals surface area contributed by atoms with E-state index in [-0.39, 0.29) is 17.1 Å². The van der Waals surface area contributed by atoms with Crippen molar-refractivity contribution in [3.05, 3.63) is 46.7 Å². The van der Waals surface area contributed by atoms with E-state index in [2.05, 4.69) is 29.3 Å². The number of aldehydes is 1. The van der Waals surface area contributed by atoms with E-state index in [0.717, 1.165) is 49.2 Å². The average molecular weight is 308 g/mol. The largest absolute Gasteiger partial charge is 0.506 e. The number of hydrogen-bond donors (Lipinski definition) is 2. The van der Waals surface area contributed by atoms with Crippen LogP contribution in [-0.4, -0.2) is 35.4 Å². The SMILES string of the molecule is C/C=C1/CN2CC[C@]34C(=C(C=O)[C@@H]1C[C@H]23)Nc1c(O)cccc14. The number of rotatable bonds is 1. The quantitative estimate of drug-likeness (QED) is 0.476. The number of fused-ring (bicyclic) bond motifs is 2. The minimum atomic E-state index is -0.139. The van der Waals surface area contributed by atoms with Gasteiger partial charge in [0.2, 0.25) is 0 Å². The van der Waals surface area contributed by atoms with Crippen LogP contribution in [0.2, 0.25) is 0 Å². The van der Waals surface area contributed by atoms with Crippen LogP contribution in [0, 0.1) is 5.92 Å². The fraction of sp³-hybridized carbons (Fsp3) is 0.421. The molecule has 4 heteroatoms. The van der Waals surface area contributed by atoms with E-state index in [9.17, 15) is 9.90 Å². The molecule has 1 aliphatic carbocycles. The lowest BCUT2D eigenvalue weighted by molar-refractivity contribution is -0.105. The van der Waals surface area contributed by atoms with Gasteiger partial charge in [0.1, 0.15) is 12.0 Å². The first kappa shape index (κ1) is 13.4.